The number of rotatable bonds is 21. The zero-order chi connectivity index (χ0) is 45.2. The molecule has 0 saturated carbocycles. The van der Waals surface area contributed by atoms with Gasteiger partial charge in [0.25, 0.3) is 6.29 Å². The SMILES string of the molecule is COc1ccc(N=NC2N(C)C=C[NH+]2C)cc1.Cn1cc[n+](C)c1N=Nc1ccc(NCCSSCCNc2ccc(N=Nc3n(C)cc[n+]3C)cc2)cc1.NCCSSCCN.[Cl-].[Cl-].[Cl-]. The highest BCUT2D eigenvalue weighted by Gasteiger charge is 2.24. The van der Waals surface area contributed by atoms with Gasteiger partial charge in [-0.05, 0) is 72.8 Å². The molecule has 3 aromatic carbocycles. The van der Waals surface area contributed by atoms with Crippen LogP contribution in [0, 0.1) is 0 Å². The molecule has 2 aromatic heterocycles. The van der Waals surface area contributed by atoms with Crippen molar-refractivity contribution in [1.82, 2.24) is 14.0 Å². The topological polar surface area (TPSA) is 185 Å². The smallest absolute Gasteiger partial charge is 0.421 e. The van der Waals surface area contributed by atoms with E-state index in [4.69, 9.17) is 16.2 Å². The molecule has 24 heteroatoms. The van der Waals surface area contributed by atoms with Crippen LogP contribution in [0.4, 0.5) is 40.3 Å². The minimum absolute atomic E-state index is 0. The van der Waals surface area contributed by atoms with Gasteiger partial charge in [0.1, 0.15) is 23.3 Å². The average molecular weight is 1040 g/mol. The third-order valence-electron chi connectivity index (χ3n) is 8.85. The van der Waals surface area contributed by atoms with Crippen LogP contribution in [0.3, 0.4) is 0 Å². The third kappa shape index (κ3) is 21.7. The Hall–Kier alpha value is -4.03. The summed E-state index contributed by atoms with van der Waals surface area (Å²) in [4.78, 5) is 3.23. The van der Waals surface area contributed by atoms with Crippen LogP contribution in [0.5, 0.6) is 5.75 Å². The molecular formula is C42H63Cl3N16OS4. The summed E-state index contributed by atoms with van der Waals surface area (Å²) in [5.74, 6) is 6.53. The van der Waals surface area contributed by atoms with E-state index in [9.17, 15) is 0 Å². The van der Waals surface area contributed by atoms with Crippen LogP contribution < -0.4 is 78.1 Å². The number of anilines is 2. The van der Waals surface area contributed by atoms with Crippen LogP contribution in [-0.2, 0) is 28.2 Å². The first kappa shape index (κ1) is 60.0. The van der Waals surface area contributed by atoms with Gasteiger partial charge in [-0.2, -0.15) is 0 Å². The van der Waals surface area contributed by atoms with E-state index in [2.05, 4.69) is 54.6 Å². The standard InChI is InChI=1S/C26H32N10S2.C12H16N4O.C4H12N2S2.3ClH/c1-33-15-16-34(2)25(33)31-29-23-9-5-21(6-10-23)27-13-19-37-38-20-14-28-22-7-11-24(12-8-22)30-32-26-35(3)17-18-36(26)4;1-15-8-9-16(2)12(15)14-13-10-4-6-11(17-3)7-5-10;5-1-3-7-8-4-2-6;;;/h5-12,15-18H,13-14,19-20H2,1-4H3;4-9,12H,1-3H3;1-6H2;3*1H. The Kier molecular flexibility index (Phi) is 31.2. The molecule has 5 aromatic rings. The number of nitrogens with zero attached hydrogens (tertiary/aromatic N) is 11. The molecular weight excluding hydrogens is 979 g/mol. The molecule has 7 N–H and O–H groups in total. The van der Waals surface area contributed by atoms with Crippen molar-refractivity contribution in [1.29, 1.82) is 0 Å². The van der Waals surface area contributed by atoms with Crippen molar-refractivity contribution in [2.24, 2.45) is 70.3 Å². The summed E-state index contributed by atoms with van der Waals surface area (Å²) in [5.41, 5.74) is 15.1. The van der Waals surface area contributed by atoms with Crippen molar-refractivity contribution >= 4 is 83.5 Å². The van der Waals surface area contributed by atoms with Gasteiger partial charge in [0.15, 0.2) is 0 Å². The second-order valence-electron chi connectivity index (χ2n) is 13.9. The van der Waals surface area contributed by atoms with Gasteiger partial charge in [0, 0.05) is 77.8 Å². The normalized spacial score (nSPS) is 13.9. The first-order valence-electron chi connectivity index (χ1n) is 20.3. The molecule has 0 aliphatic carbocycles. The van der Waals surface area contributed by atoms with E-state index >= 15 is 0 Å². The lowest BCUT2D eigenvalue weighted by Gasteiger charge is -2.16. The summed E-state index contributed by atoms with van der Waals surface area (Å²) >= 11 is 0. The molecule has 362 valence electrons. The minimum atomic E-state index is 0. The Labute approximate surface area is 424 Å². The summed E-state index contributed by atoms with van der Waals surface area (Å²) in [6, 6.07) is 23.6. The number of aryl methyl sites for hydroxylation is 4. The first-order chi connectivity index (χ1) is 30.6. The molecule has 0 saturated heterocycles. The number of nitrogens with one attached hydrogen (secondary N) is 3. The highest BCUT2D eigenvalue weighted by atomic mass is 35.5. The van der Waals surface area contributed by atoms with Crippen LogP contribution in [0.1, 0.15) is 0 Å². The number of ether oxygens (including phenoxy) is 1. The Balaban J connectivity index is 0.000000644. The predicted molar refractivity (Wildman–Crippen MR) is 264 cm³/mol. The van der Waals surface area contributed by atoms with Crippen molar-refractivity contribution in [2.45, 2.75) is 6.29 Å². The fraction of sp³-hybridized carbons (Fsp3) is 0.381. The second-order valence-corrected chi connectivity index (χ2v) is 19.3. The molecule has 0 radical (unpaired) electrons. The van der Waals surface area contributed by atoms with E-state index in [1.165, 1.54) is 4.90 Å². The summed E-state index contributed by atoms with van der Waals surface area (Å²) in [6.07, 6.45) is 11.9. The van der Waals surface area contributed by atoms with E-state index in [1.54, 1.807) is 28.7 Å². The molecule has 1 aliphatic heterocycles. The Bertz CT molecular complexity index is 2010. The van der Waals surface area contributed by atoms with Crippen molar-refractivity contribution in [3.63, 3.8) is 0 Å². The summed E-state index contributed by atoms with van der Waals surface area (Å²) < 4.78 is 12.8. The first-order valence-corrected chi connectivity index (χ1v) is 25.3. The number of azo groups is 3. The van der Waals surface area contributed by atoms with Crippen molar-refractivity contribution in [3.05, 3.63) is 110 Å². The lowest BCUT2D eigenvalue weighted by Crippen LogP contribution is -3.08. The maximum atomic E-state index is 5.25. The predicted octanol–water partition coefficient (Wildman–Crippen LogP) is -1.96. The fourth-order valence-electron chi connectivity index (χ4n) is 5.42. The zero-order valence-electron chi connectivity index (χ0n) is 38.4. The molecule has 0 bridgehead atoms. The van der Waals surface area contributed by atoms with Gasteiger partial charge in [-0.15, -0.1) is 10.2 Å². The molecule has 1 aliphatic rings. The van der Waals surface area contributed by atoms with Gasteiger partial charge in [-0.1, -0.05) is 53.4 Å². The Morgan fingerprint density at radius 2 is 1.03 bits per heavy atom. The van der Waals surface area contributed by atoms with Crippen LogP contribution >= 0.6 is 43.2 Å². The average Bonchev–Trinajstić information content (AvgIpc) is 3.93. The molecule has 3 heterocycles. The van der Waals surface area contributed by atoms with Crippen LogP contribution in [0.25, 0.3) is 0 Å². The number of imidazole rings is 2. The Morgan fingerprint density at radius 1 is 0.621 bits per heavy atom. The molecule has 2 atom stereocenters. The van der Waals surface area contributed by atoms with Crippen molar-refractivity contribution in [2.75, 3.05) is 81.0 Å². The molecule has 0 spiro atoms. The summed E-state index contributed by atoms with van der Waals surface area (Å²) in [5, 5.41) is 32.8. The van der Waals surface area contributed by atoms with Crippen LogP contribution in [-0.4, -0.2) is 90.7 Å². The van der Waals surface area contributed by atoms with Gasteiger partial charge in [0.05, 0.1) is 79.0 Å². The number of nitrogens with two attached hydrogens (primary N) is 2. The van der Waals surface area contributed by atoms with Crippen molar-refractivity contribution < 1.29 is 56.0 Å². The van der Waals surface area contributed by atoms with E-state index in [-0.39, 0.29) is 43.5 Å². The number of quaternary nitrogens is 1. The summed E-state index contributed by atoms with van der Waals surface area (Å²) in [6.45, 7) is 3.34. The number of methoxy groups -OCH3 is 1. The zero-order valence-corrected chi connectivity index (χ0v) is 43.9. The number of hydrogen-bond donors (Lipinski definition) is 5. The van der Waals surface area contributed by atoms with E-state index < -0.39 is 0 Å². The highest BCUT2D eigenvalue weighted by molar-refractivity contribution is 8.77. The number of benzene rings is 3. The van der Waals surface area contributed by atoms with Crippen molar-refractivity contribution in [3.8, 4) is 5.75 Å². The third-order valence-corrected chi connectivity index (χ3v) is 13.7. The Morgan fingerprint density at radius 3 is 1.39 bits per heavy atom. The highest BCUT2D eigenvalue weighted by Crippen LogP contribution is 2.24. The van der Waals surface area contributed by atoms with E-state index in [1.807, 2.05) is 184 Å². The van der Waals surface area contributed by atoms with Gasteiger partial charge in [-0.25, -0.2) is 18.3 Å². The van der Waals surface area contributed by atoms with Crippen LogP contribution in [0.15, 0.2) is 141 Å². The van der Waals surface area contributed by atoms with Gasteiger partial charge in [-0.3, -0.25) is 4.90 Å². The monoisotopic (exact) mass is 1040 g/mol. The fourth-order valence-corrected chi connectivity index (χ4v) is 8.94. The lowest BCUT2D eigenvalue weighted by molar-refractivity contribution is -0.856. The maximum absolute atomic E-state index is 5.25. The van der Waals surface area contributed by atoms with E-state index in [0.29, 0.717) is 0 Å². The van der Waals surface area contributed by atoms with Gasteiger partial charge in [0.2, 0.25) is 0 Å². The quantitative estimate of drug-likeness (QED) is 0.0240. The summed E-state index contributed by atoms with van der Waals surface area (Å²) in [7, 11) is 20.8. The van der Waals surface area contributed by atoms with Gasteiger partial charge < -0.3 is 69.0 Å². The largest absolute Gasteiger partial charge is 1.00 e. The molecule has 66 heavy (non-hydrogen) atoms. The minimum Gasteiger partial charge on any atom is -1.00 e. The van der Waals surface area contributed by atoms with Gasteiger partial charge >= 0.3 is 11.9 Å². The molecule has 2 unspecified atom stereocenters. The second kappa shape index (κ2) is 34.3. The maximum Gasteiger partial charge on any atom is 0.421 e. The lowest BCUT2D eigenvalue weighted by atomic mass is 10.3. The molecule has 6 rings (SSSR count). The molecule has 17 nitrogen and oxygen atoms in total. The number of halogens is 3. The van der Waals surface area contributed by atoms with E-state index in [0.717, 1.165) is 95.3 Å². The molecule has 0 fully saturated rings. The van der Waals surface area contributed by atoms with Crippen LogP contribution in [0.2, 0.25) is 0 Å². The number of aromatic nitrogens is 4. The number of hydrogen-bond acceptors (Lipinski definition) is 16. The molecule has 0 amide bonds.